The maximum Gasteiger partial charge on any atom is 0.408 e. The van der Waals surface area contributed by atoms with Crippen LogP contribution in [-0.2, 0) is 32.1 Å². The number of carbonyl (C=O) groups is 5. The summed E-state index contributed by atoms with van der Waals surface area (Å²) in [5.74, 6) is -2.77. The lowest BCUT2D eigenvalue weighted by Crippen LogP contribution is -2.59. The predicted octanol–water partition coefficient (Wildman–Crippen LogP) is 4.16. The number of hydrazine groups is 1. The van der Waals surface area contributed by atoms with Crippen molar-refractivity contribution >= 4 is 40.6 Å². The Morgan fingerprint density at radius 2 is 1.47 bits per heavy atom. The Balaban J connectivity index is 1.32. The van der Waals surface area contributed by atoms with Gasteiger partial charge in [-0.3, -0.25) is 24.6 Å². The number of rotatable bonds is 19. The molecule has 0 bridgehead atoms. The van der Waals surface area contributed by atoms with Crippen molar-refractivity contribution in [1.82, 2.24) is 31.4 Å². The van der Waals surface area contributed by atoms with Crippen LogP contribution in [0.4, 0.5) is 4.79 Å². The number of fused-ring (bicyclic) bond motifs is 1. The molecule has 1 saturated carbocycles. The van der Waals surface area contributed by atoms with Crippen LogP contribution in [0.1, 0.15) is 74.0 Å². The molecule has 1 aliphatic carbocycles. The maximum atomic E-state index is 14.0. The second-order valence-electron chi connectivity index (χ2n) is 15.3. The molecular formula is C44H55N7O7. The molecule has 0 saturated heterocycles. The summed E-state index contributed by atoms with van der Waals surface area (Å²) in [7, 11) is 0. The number of hydrogen-bond acceptors (Lipinski definition) is 9. The van der Waals surface area contributed by atoms with Crippen molar-refractivity contribution in [2.75, 3.05) is 13.1 Å². The quantitative estimate of drug-likeness (QED) is 0.0754. The van der Waals surface area contributed by atoms with Crippen molar-refractivity contribution < 1.29 is 33.8 Å². The molecule has 0 radical (unpaired) electrons. The van der Waals surface area contributed by atoms with E-state index in [-0.39, 0.29) is 37.1 Å². The minimum atomic E-state index is -1.37. The molecule has 5 amide bonds. The second-order valence-corrected chi connectivity index (χ2v) is 15.3. The van der Waals surface area contributed by atoms with E-state index in [2.05, 4.69) is 26.4 Å². The first-order valence-corrected chi connectivity index (χ1v) is 19.9. The lowest BCUT2D eigenvalue weighted by atomic mass is 9.89. The van der Waals surface area contributed by atoms with Crippen LogP contribution < -0.4 is 27.1 Å². The van der Waals surface area contributed by atoms with Crippen LogP contribution in [0, 0.1) is 11.8 Å². The van der Waals surface area contributed by atoms with Crippen LogP contribution in [0.2, 0.25) is 0 Å². The van der Waals surface area contributed by atoms with Gasteiger partial charge < -0.3 is 31.5 Å². The molecule has 308 valence electrons. The third kappa shape index (κ3) is 13.4. The van der Waals surface area contributed by atoms with Gasteiger partial charge in [-0.2, -0.15) is 0 Å². The van der Waals surface area contributed by atoms with E-state index >= 15 is 0 Å². The Bertz CT molecular complexity index is 1970. The standard InChI is InChI=1S/C44H55N7O7/c1-29(2)40(49-44(57)58-28-32-18-10-5-11-19-32)43(56)50-51(26-31-16-8-4-9-17-31)27-38(52)36(24-30-14-6-3-7-15-30)47-42(55)37(25-39(45)53)48-41(54)35-23-22-33-20-12-13-21-34(33)46-35/h3,5-7,10-15,18-23,29,31,36-38,40,52H,4,8-9,16-17,24-28H2,1-2H3,(H2,45,53)(H,47,55)(H,48,54)(H,49,57)(H,50,56)/t36-,37-,38-,40-/m0/s1. The highest BCUT2D eigenvalue weighted by Crippen LogP contribution is 2.24. The average molecular weight is 794 g/mol. The summed E-state index contributed by atoms with van der Waals surface area (Å²) in [5.41, 5.74) is 10.7. The molecule has 1 fully saturated rings. The van der Waals surface area contributed by atoms with E-state index in [0.717, 1.165) is 48.6 Å². The van der Waals surface area contributed by atoms with Crippen LogP contribution in [0.5, 0.6) is 0 Å². The first-order chi connectivity index (χ1) is 27.9. The van der Waals surface area contributed by atoms with Crippen molar-refractivity contribution in [3.8, 4) is 0 Å². The number of nitrogens with two attached hydrogens (primary N) is 1. The molecule has 58 heavy (non-hydrogen) atoms. The van der Waals surface area contributed by atoms with E-state index in [0.29, 0.717) is 12.1 Å². The van der Waals surface area contributed by atoms with Gasteiger partial charge in [0.2, 0.25) is 11.8 Å². The molecular weight excluding hydrogens is 739 g/mol. The molecule has 3 aromatic carbocycles. The summed E-state index contributed by atoms with van der Waals surface area (Å²) in [6.07, 6.45) is 2.82. The molecule has 7 N–H and O–H groups in total. The summed E-state index contributed by atoms with van der Waals surface area (Å²) >= 11 is 0. The molecule has 14 heteroatoms. The molecule has 0 aliphatic heterocycles. The largest absolute Gasteiger partial charge is 0.445 e. The number of alkyl carbamates (subject to hydrolysis) is 1. The summed E-state index contributed by atoms with van der Waals surface area (Å²) in [6.45, 7) is 4.00. The zero-order valence-corrected chi connectivity index (χ0v) is 33.1. The average Bonchev–Trinajstić information content (AvgIpc) is 3.22. The number of amides is 5. The molecule has 4 atom stereocenters. The normalized spacial score (nSPS) is 15.2. The number of benzene rings is 3. The van der Waals surface area contributed by atoms with Crippen molar-refractivity contribution in [2.45, 2.75) is 89.6 Å². The number of para-hydroxylation sites is 1. The van der Waals surface area contributed by atoms with Gasteiger partial charge in [-0.1, -0.05) is 118 Å². The molecule has 1 aliphatic rings. The minimum absolute atomic E-state index is 0.0396. The summed E-state index contributed by atoms with van der Waals surface area (Å²) in [4.78, 5) is 70.6. The Labute approximate surface area is 339 Å². The van der Waals surface area contributed by atoms with E-state index in [1.54, 1.807) is 23.2 Å². The third-order valence-corrected chi connectivity index (χ3v) is 10.3. The van der Waals surface area contributed by atoms with Crippen molar-refractivity contribution in [1.29, 1.82) is 0 Å². The number of nitrogens with one attached hydrogen (secondary N) is 4. The number of hydrogen-bond donors (Lipinski definition) is 6. The second kappa shape index (κ2) is 21.6. The zero-order valence-electron chi connectivity index (χ0n) is 33.1. The lowest BCUT2D eigenvalue weighted by Gasteiger charge is -2.35. The van der Waals surface area contributed by atoms with Gasteiger partial charge in [-0.05, 0) is 54.4 Å². The predicted molar refractivity (Wildman–Crippen MR) is 220 cm³/mol. The maximum absolute atomic E-state index is 14.0. The van der Waals surface area contributed by atoms with Gasteiger partial charge in [0.25, 0.3) is 11.8 Å². The topological polar surface area (TPSA) is 205 Å². The van der Waals surface area contributed by atoms with E-state index in [1.165, 1.54) is 6.07 Å². The fraction of sp³-hybridized carbons (Fsp3) is 0.409. The summed E-state index contributed by atoms with van der Waals surface area (Å²) < 4.78 is 5.40. The van der Waals surface area contributed by atoms with Gasteiger partial charge in [0.1, 0.15) is 24.4 Å². The van der Waals surface area contributed by atoms with E-state index in [4.69, 9.17) is 10.5 Å². The van der Waals surface area contributed by atoms with Gasteiger partial charge in [0.05, 0.1) is 24.1 Å². The molecule has 14 nitrogen and oxygen atoms in total. The van der Waals surface area contributed by atoms with Crippen molar-refractivity contribution in [3.63, 3.8) is 0 Å². The van der Waals surface area contributed by atoms with Crippen LogP contribution >= 0.6 is 0 Å². The van der Waals surface area contributed by atoms with Gasteiger partial charge in [0.15, 0.2) is 0 Å². The molecule has 0 unspecified atom stereocenters. The molecule has 5 rings (SSSR count). The van der Waals surface area contributed by atoms with Gasteiger partial charge in [-0.15, -0.1) is 0 Å². The third-order valence-electron chi connectivity index (χ3n) is 10.3. The number of aromatic nitrogens is 1. The van der Waals surface area contributed by atoms with Crippen LogP contribution in [0.3, 0.4) is 0 Å². The van der Waals surface area contributed by atoms with Crippen LogP contribution in [0.25, 0.3) is 10.9 Å². The number of nitrogens with zero attached hydrogens (tertiary/aromatic N) is 2. The zero-order chi connectivity index (χ0) is 41.4. The Kier molecular flexibility index (Phi) is 16.1. The van der Waals surface area contributed by atoms with Gasteiger partial charge in [0, 0.05) is 18.5 Å². The summed E-state index contributed by atoms with van der Waals surface area (Å²) in [6, 6.07) is 25.7. The van der Waals surface area contributed by atoms with Gasteiger partial charge in [-0.25, -0.2) is 14.8 Å². The molecule has 0 spiro atoms. The lowest BCUT2D eigenvalue weighted by molar-refractivity contribution is -0.131. The number of aliphatic hydroxyl groups excluding tert-OH is 1. The summed E-state index contributed by atoms with van der Waals surface area (Å²) in [5, 5.41) is 22.6. The monoisotopic (exact) mass is 793 g/mol. The number of carbonyl (C=O) groups excluding carboxylic acids is 5. The van der Waals surface area contributed by atoms with E-state index in [1.807, 2.05) is 86.6 Å². The highest BCUT2D eigenvalue weighted by atomic mass is 16.5. The Morgan fingerprint density at radius 1 is 0.810 bits per heavy atom. The molecule has 1 heterocycles. The number of pyridine rings is 1. The van der Waals surface area contributed by atoms with E-state index < -0.39 is 60.4 Å². The number of aliphatic hydroxyl groups is 1. The Hall–Kier alpha value is -5.86. The fourth-order valence-corrected chi connectivity index (χ4v) is 7.12. The first kappa shape index (κ1) is 43.3. The molecule has 1 aromatic heterocycles. The minimum Gasteiger partial charge on any atom is -0.445 e. The number of ether oxygens (including phenoxy) is 1. The van der Waals surface area contributed by atoms with E-state index in [9.17, 15) is 29.1 Å². The van der Waals surface area contributed by atoms with Crippen LogP contribution in [-0.4, -0.2) is 82.1 Å². The van der Waals surface area contributed by atoms with Gasteiger partial charge >= 0.3 is 6.09 Å². The SMILES string of the molecule is CC(C)[C@H](NC(=O)OCc1ccccc1)C(=O)NN(CC1CCCCC1)C[C@H](O)[C@H](Cc1ccccc1)NC(=O)[C@H](CC(N)=O)NC(=O)c1ccc2ccccc2n1. The Morgan fingerprint density at radius 3 is 2.14 bits per heavy atom. The van der Waals surface area contributed by atoms with Crippen molar-refractivity contribution in [3.05, 3.63) is 114 Å². The smallest absolute Gasteiger partial charge is 0.408 e. The molecule has 4 aromatic rings. The fourth-order valence-electron chi connectivity index (χ4n) is 7.12. The number of primary amides is 1. The first-order valence-electron chi connectivity index (χ1n) is 19.9. The highest BCUT2D eigenvalue weighted by Gasteiger charge is 2.33. The van der Waals surface area contributed by atoms with Crippen molar-refractivity contribution in [2.24, 2.45) is 17.6 Å². The van der Waals surface area contributed by atoms with Crippen LogP contribution in [0.15, 0.2) is 97.1 Å². The highest BCUT2D eigenvalue weighted by molar-refractivity contribution is 5.99.